The van der Waals surface area contributed by atoms with Gasteiger partial charge in [-0.3, -0.25) is 0 Å². The highest BCUT2D eigenvalue weighted by atomic mass is 19.2. The van der Waals surface area contributed by atoms with E-state index >= 15 is 0 Å². The highest BCUT2D eigenvalue weighted by Crippen LogP contribution is 2.29. The molecule has 2 rings (SSSR count). The largest absolute Gasteiger partial charge is 0.378 e. The van der Waals surface area contributed by atoms with Gasteiger partial charge in [0.25, 0.3) is 0 Å². The fourth-order valence-corrected chi connectivity index (χ4v) is 1.57. The predicted molar refractivity (Wildman–Crippen MR) is 71.2 cm³/mol. The molecule has 110 valence electrons. The van der Waals surface area contributed by atoms with Crippen molar-refractivity contribution in [3.8, 4) is 0 Å². The van der Waals surface area contributed by atoms with Gasteiger partial charge in [0.2, 0.25) is 0 Å². The van der Waals surface area contributed by atoms with Gasteiger partial charge in [-0.25, -0.2) is 17.6 Å². The molecular formula is C14H11F4N3. The van der Waals surface area contributed by atoms with Crippen LogP contribution in [0.3, 0.4) is 0 Å². The number of benzene rings is 2. The van der Waals surface area contributed by atoms with E-state index in [0.717, 1.165) is 5.69 Å². The average Bonchev–Trinajstić information content (AvgIpc) is 2.45. The lowest BCUT2D eigenvalue weighted by Crippen LogP contribution is -2.07. The van der Waals surface area contributed by atoms with Crippen molar-refractivity contribution in [3.05, 3.63) is 53.6 Å². The molecule has 0 saturated carbocycles. The van der Waals surface area contributed by atoms with Gasteiger partial charge in [-0.1, -0.05) is 0 Å². The van der Waals surface area contributed by atoms with Crippen molar-refractivity contribution in [2.45, 2.75) is 0 Å². The van der Waals surface area contributed by atoms with Crippen LogP contribution < -0.4 is 4.90 Å². The Morgan fingerprint density at radius 3 is 1.81 bits per heavy atom. The van der Waals surface area contributed by atoms with Gasteiger partial charge in [-0.05, 0) is 24.3 Å². The lowest BCUT2D eigenvalue weighted by Gasteiger charge is -2.11. The first kappa shape index (κ1) is 15.0. The number of azo groups is 1. The van der Waals surface area contributed by atoms with Crippen molar-refractivity contribution < 1.29 is 17.6 Å². The van der Waals surface area contributed by atoms with E-state index in [9.17, 15) is 17.6 Å². The van der Waals surface area contributed by atoms with Crippen LogP contribution in [0.2, 0.25) is 0 Å². The Balaban J connectivity index is 2.33. The van der Waals surface area contributed by atoms with Gasteiger partial charge in [-0.15, -0.1) is 5.11 Å². The molecule has 0 radical (unpaired) electrons. The molecule has 2 aromatic rings. The van der Waals surface area contributed by atoms with E-state index in [2.05, 4.69) is 10.2 Å². The molecule has 0 amide bonds. The first-order valence-electron chi connectivity index (χ1n) is 5.92. The summed E-state index contributed by atoms with van der Waals surface area (Å²) in [5, 5.41) is 6.83. The summed E-state index contributed by atoms with van der Waals surface area (Å²) in [4.78, 5) is 1.85. The van der Waals surface area contributed by atoms with Crippen LogP contribution in [0.5, 0.6) is 0 Å². The van der Waals surface area contributed by atoms with Crippen LogP contribution in [0.1, 0.15) is 0 Å². The molecule has 21 heavy (non-hydrogen) atoms. The number of hydrogen-bond donors (Lipinski definition) is 0. The summed E-state index contributed by atoms with van der Waals surface area (Å²) >= 11 is 0. The van der Waals surface area contributed by atoms with Gasteiger partial charge in [-0.2, -0.15) is 5.11 Å². The van der Waals surface area contributed by atoms with Gasteiger partial charge in [0.1, 0.15) is 0 Å². The molecule has 0 spiro atoms. The molecule has 0 fully saturated rings. The Labute approximate surface area is 118 Å². The van der Waals surface area contributed by atoms with Crippen molar-refractivity contribution in [2.24, 2.45) is 10.2 Å². The zero-order valence-corrected chi connectivity index (χ0v) is 11.2. The normalized spacial score (nSPS) is 11.1. The lowest BCUT2D eigenvalue weighted by atomic mass is 10.2. The van der Waals surface area contributed by atoms with E-state index < -0.39 is 29.0 Å². The fraction of sp³-hybridized carbons (Fsp3) is 0.143. The van der Waals surface area contributed by atoms with E-state index in [1.807, 2.05) is 19.0 Å². The molecule has 2 aromatic carbocycles. The summed E-state index contributed by atoms with van der Waals surface area (Å²) in [6, 6.07) is 6.67. The third-order valence-electron chi connectivity index (χ3n) is 2.72. The Morgan fingerprint density at radius 2 is 1.33 bits per heavy atom. The van der Waals surface area contributed by atoms with Crippen molar-refractivity contribution in [1.29, 1.82) is 0 Å². The summed E-state index contributed by atoms with van der Waals surface area (Å²) in [6.07, 6.45) is 0. The predicted octanol–water partition coefficient (Wildman–Crippen LogP) is 4.72. The molecule has 0 saturated heterocycles. The summed E-state index contributed by atoms with van der Waals surface area (Å²) in [6.45, 7) is 0. The minimum Gasteiger partial charge on any atom is -0.378 e. The topological polar surface area (TPSA) is 28.0 Å². The van der Waals surface area contributed by atoms with Gasteiger partial charge in [0.15, 0.2) is 29.0 Å². The van der Waals surface area contributed by atoms with E-state index in [1.165, 1.54) is 0 Å². The molecule has 0 unspecified atom stereocenters. The number of hydrogen-bond acceptors (Lipinski definition) is 3. The lowest BCUT2D eigenvalue weighted by molar-refractivity contribution is 0.456. The molecule has 0 N–H and O–H groups in total. The number of anilines is 1. The van der Waals surface area contributed by atoms with Gasteiger partial charge >= 0.3 is 0 Å². The maximum Gasteiger partial charge on any atom is 0.189 e. The molecule has 0 bridgehead atoms. The molecule has 7 heteroatoms. The minimum absolute atomic E-state index is 0.121. The van der Waals surface area contributed by atoms with Crippen LogP contribution in [0.4, 0.5) is 34.6 Å². The van der Waals surface area contributed by atoms with E-state index in [0.29, 0.717) is 5.69 Å². The van der Waals surface area contributed by atoms with Gasteiger partial charge in [0, 0.05) is 25.8 Å². The standard InChI is InChI=1S/C14H11F4N3/c1-21(2)9-5-3-8(4-6-9)19-20-14-12(17)10(15)7-11(16)13(14)18/h3-7H,1-2H3. The van der Waals surface area contributed by atoms with E-state index in [4.69, 9.17) is 0 Å². The number of nitrogens with zero attached hydrogens (tertiary/aromatic N) is 3. The summed E-state index contributed by atoms with van der Waals surface area (Å²) in [5.74, 6) is -6.21. The Morgan fingerprint density at radius 1 is 0.810 bits per heavy atom. The monoisotopic (exact) mass is 297 g/mol. The molecular weight excluding hydrogens is 286 g/mol. The zero-order chi connectivity index (χ0) is 15.6. The molecule has 0 aliphatic heterocycles. The Kier molecular flexibility index (Phi) is 4.21. The highest BCUT2D eigenvalue weighted by Gasteiger charge is 2.18. The second kappa shape index (κ2) is 5.90. The summed E-state index contributed by atoms with van der Waals surface area (Å²) < 4.78 is 52.7. The summed E-state index contributed by atoms with van der Waals surface area (Å²) in [5.41, 5.74) is 0.0939. The fourth-order valence-electron chi connectivity index (χ4n) is 1.57. The molecule has 0 aromatic heterocycles. The van der Waals surface area contributed by atoms with Gasteiger partial charge in [0.05, 0.1) is 5.69 Å². The second-order valence-corrected chi connectivity index (χ2v) is 4.43. The SMILES string of the molecule is CN(C)c1ccc(N=Nc2c(F)c(F)cc(F)c2F)cc1. The quantitative estimate of drug-likeness (QED) is 0.457. The second-order valence-electron chi connectivity index (χ2n) is 4.43. The molecule has 0 aliphatic carbocycles. The van der Waals surface area contributed by atoms with Crippen molar-refractivity contribution in [1.82, 2.24) is 0 Å². The summed E-state index contributed by atoms with van der Waals surface area (Å²) in [7, 11) is 3.69. The first-order valence-corrected chi connectivity index (χ1v) is 5.92. The van der Waals surface area contributed by atoms with Crippen LogP contribution in [-0.2, 0) is 0 Å². The van der Waals surface area contributed by atoms with E-state index in [-0.39, 0.29) is 6.07 Å². The third kappa shape index (κ3) is 3.18. The number of halogens is 4. The van der Waals surface area contributed by atoms with Crippen molar-refractivity contribution in [2.75, 3.05) is 19.0 Å². The first-order chi connectivity index (χ1) is 9.90. The van der Waals surface area contributed by atoms with E-state index in [1.54, 1.807) is 24.3 Å². The molecule has 3 nitrogen and oxygen atoms in total. The van der Waals surface area contributed by atoms with Gasteiger partial charge < -0.3 is 4.90 Å². The van der Waals surface area contributed by atoms with Crippen LogP contribution in [0, 0.1) is 23.3 Å². The minimum atomic E-state index is -1.58. The van der Waals surface area contributed by atoms with Crippen LogP contribution >= 0.6 is 0 Å². The molecule has 0 atom stereocenters. The van der Waals surface area contributed by atoms with Crippen LogP contribution in [0.15, 0.2) is 40.6 Å². The third-order valence-corrected chi connectivity index (χ3v) is 2.72. The Bertz CT molecular complexity index is 655. The van der Waals surface area contributed by atoms with Crippen LogP contribution in [0.25, 0.3) is 0 Å². The van der Waals surface area contributed by atoms with Crippen LogP contribution in [-0.4, -0.2) is 14.1 Å². The zero-order valence-electron chi connectivity index (χ0n) is 11.2. The Hall–Kier alpha value is -2.44. The number of rotatable bonds is 3. The smallest absolute Gasteiger partial charge is 0.189 e. The van der Waals surface area contributed by atoms with Crippen molar-refractivity contribution in [3.63, 3.8) is 0 Å². The highest BCUT2D eigenvalue weighted by molar-refractivity contribution is 5.52. The maximum atomic E-state index is 13.4. The average molecular weight is 297 g/mol. The molecule has 0 heterocycles. The molecule has 0 aliphatic rings. The maximum absolute atomic E-state index is 13.4. The van der Waals surface area contributed by atoms with Crippen molar-refractivity contribution >= 4 is 17.1 Å².